The summed E-state index contributed by atoms with van der Waals surface area (Å²) in [6.07, 6.45) is 2.08. The van der Waals surface area contributed by atoms with Gasteiger partial charge in [-0.15, -0.1) is 5.10 Å². The van der Waals surface area contributed by atoms with Crippen molar-refractivity contribution in [2.75, 3.05) is 26.7 Å². The van der Waals surface area contributed by atoms with Crippen molar-refractivity contribution in [3.05, 3.63) is 11.9 Å². The maximum atomic E-state index is 4.25. The van der Waals surface area contributed by atoms with Crippen LogP contribution in [0.2, 0.25) is 0 Å². The first kappa shape index (κ1) is 14.2. The van der Waals surface area contributed by atoms with Gasteiger partial charge in [-0.1, -0.05) is 26.0 Å². The number of likely N-dealkylation sites (N-methyl/N-ethyl adjacent to an activating group) is 1. The Bertz CT molecular complexity index is 345. The van der Waals surface area contributed by atoms with Crippen molar-refractivity contribution >= 4 is 0 Å². The largest absolute Gasteiger partial charge is 0.325 e. The number of aromatic nitrogens is 3. The highest BCUT2D eigenvalue weighted by Crippen LogP contribution is 2.18. The molecule has 0 atom stereocenters. The van der Waals surface area contributed by atoms with Crippen LogP contribution in [0.25, 0.3) is 0 Å². The maximum absolute atomic E-state index is 4.25. The summed E-state index contributed by atoms with van der Waals surface area (Å²) in [5, 5.41) is 8.46. The van der Waals surface area contributed by atoms with Gasteiger partial charge in [-0.25, -0.2) is 4.68 Å². The van der Waals surface area contributed by atoms with Gasteiger partial charge in [0.2, 0.25) is 0 Å². The van der Waals surface area contributed by atoms with Crippen LogP contribution >= 0.6 is 0 Å². The number of nitrogens with zero attached hydrogens (tertiary/aromatic N) is 4. The average Bonchev–Trinajstić information content (AvgIpc) is 2.74. The van der Waals surface area contributed by atoms with Gasteiger partial charge in [-0.05, 0) is 13.8 Å². The summed E-state index contributed by atoms with van der Waals surface area (Å²) in [5.41, 5.74) is 1.16. The molecule has 0 saturated carbocycles. The Labute approximate surface area is 105 Å². The number of rotatable bonds is 5. The minimum atomic E-state index is 0.0892. The van der Waals surface area contributed by atoms with E-state index in [0.29, 0.717) is 0 Å². The van der Waals surface area contributed by atoms with Crippen molar-refractivity contribution in [1.82, 2.24) is 15.0 Å². The van der Waals surface area contributed by atoms with E-state index in [-0.39, 0.29) is 5.41 Å². The van der Waals surface area contributed by atoms with E-state index in [1.54, 1.807) is 0 Å². The third kappa shape index (κ3) is 3.80. The number of hydrogen-bond donors (Lipinski definition) is 0. The fourth-order valence-electron chi connectivity index (χ4n) is 1.64. The molecule has 0 amide bonds. The Morgan fingerprint density at radius 2 is 1.82 bits per heavy atom. The van der Waals surface area contributed by atoms with Crippen molar-refractivity contribution in [2.45, 2.75) is 46.6 Å². The Morgan fingerprint density at radius 3 is 2.24 bits per heavy atom. The molecule has 0 bridgehead atoms. The zero-order valence-corrected chi connectivity index (χ0v) is 12.2. The molecule has 1 heterocycles. The van der Waals surface area contributed by atoms with Gasteiger partial charge in [-0.3, -0.25) is 0 Å². The summed E-state index contributed by atoms with van der Waals surface area (Å²) in [7, 11) is 2.29. The Kier molecular flexibility index (Phi) is 4.31. The topological polar surface area (TPSA) is 30.7 Å². The summed E-state index contributed by atoms with van der Waals surface area (Å²) in [5.74, 6) is 0. The van der Waals surface area contributed by atoms with Gasteiger partial charge >= 0.3 is 0 Å². The Morgan fingerprint density at radius 1 is 1.24 bits per heavy atom. The fourth-order valence-corrected chi connectivity index (χ4v) is 1.64. The molecule has 0 radical (unpaired) electrons. The smallest absolute Gasteiger partial charge is 0.0984 e. The molecule has 0 saturated heterocycles. The molecule has 98 valence electrons. The first-order valence-corrected chi connectivity index (χ1v) is 6.55. The highest BCUT2D eigenvalue weighted by molar-refractivity contribution is 5.06. The van der Waals surface area contributed by atoms with E-state index in [0.717, 1.165) is 36.4 Å². The molecule has 17 heavy (non-hydrogen) atoms. The standard InChI is InChI=1S/C13H27N4/c1-7-17(6,8-2)10-9-16-11-12(14-15-16)13(3,4)5/h11H,7-10H2,1-6H3/q+1. The van der Waals surface area contributed by atoms with Gasteiger partial charge in [0.1, 0.15) is 0 Å². The molecular formula is C13H27N4+. The second kappa shape index (κ2) is 5.17. The molecule has 0 aliphatic heterocycles. The zero-order chi connectivity index (χ0) is 13.1. The van der Waals surface area contributed by atoms with Gasteiger partial charge in [0, 0.05) is 11.6 Å². The van der Waals surface area contributed by atoms with Crippen LogP contribution in [0.5, 0.6) is 0 Å². The van der Waals surface area contributed by atoms with E-state index in [2.05, 4.69) is 58.2 Å². The Hall–Kier alpha value is -0.900. The number of hydrogen-bond acceptors (Lipinski definition) is 2. The monoisotopic (exact) mass is 239 g/mol. The maximum Gasteiger partial charge on any atom is 0.0984 e. The van der Waals surface area contributed by atoms with E-state index in [1.165, 1.54) is 0 Å². The Balaban J connectivity index is 2.62. The van der Waals surface area contributed by atoms with Crippen molar-refractivity contribution < 1.29 is 4.48 Å². The van der Waals surface area contributed by atoms with E-state index in [1.807, 2.05) is 4.68 Å². The van der Waals surface area contributed by atoms with Crippen molar-refractivity contribution in [1.29, 1.82) is 0 Å². The summed E-state index contributed by atoms with van der Waals surface area (Å²) < 4.78 is 3.06. The van der Waals surface area contributed by atoms with Crippen LogP contribution in [0, 0.1) is 0 Å². The zero-order valence-electron chi connectivity index (χ0n) is 12.2. The molecule has 0 aromatic carbocycles. The van der Waals surface area contributed by atoms with Crippen molar-refractivity contribution in [3.63, 3.8) is 0 Å². The van der Waals surface area contributed by atoms with Gasteiger partial charge < -0.3 is 4.48 Å². The molecule has 0 spiro atoms. The lowest BCUT2D eigenvalue weighted by Crippen LogP contribution is -2.45. The van der Waals surface area contributed by atoms with Crippen LogP contribution in [0.15, 0.2) is 6.20 Å². The lowest BCUT2D eigenvalue weighted by atomic mass is 9.93. The third-order valence-corrected chi connectivity index (χ3v) is 3.70. The van der Waals surface area contributed by atoms with Crippen LogP contribution in [-0.4, -0.2) is 46.2 Å². The summed E-state index contributed by atoms with van der Waals surface area (Å²) >= 11 is 0. The third-order valence-electron chi connectivity index (χ3n) is 3.70. The minimum Gasteiger partial charge on any atom is -0.325 e. The van der Waals surface area contributed by atoms with Crippen molar-refractivity contribution in [3.8, 4) is 0 Å². The lowest BCUT2D eigenvalue weighted by Gasteiger charge is -2.31. The van der Waals surface area contributed by atoms with Gasteiger partial charge in [0.15, 0.2) is 0 Å². The molecule has 4 nitrogen and oxygen atoms in total. The minimum absolute atomic E-state index is 0.0892. The second-order valence-corrected chi connectivity index (χ2v) is 6.09. The molecule has 4 heteroatoms. The van der Waals surface area contributed by atoms with Crippen LogP contribution in [-0.2, 0) is 12.0 Å². The summed E-state index contributed by atoms with van der Waals surface area (Å²) in [4.78, 5) is 0. The van der Waals surface area contributed by atoms with Crippen LogP contribution in [0.3, 0.4) is 0 Å². The average molecular weight is 239 g/mol. The van der Waals surface area contributed by atoms with Crippen molar-refractivity contribution in [2.24, 2.45) is 0 Å². The molecule has 0 aliphatic rings. The predicted molar refractivity (Wildman–Crippen MR) is 70.9 cm³/mol. The quantitative estimate of drug-likeness (QED) is 0.736. The van der Waals surface area contributed by atoms with E-state index in [4.69, 9.17) is 0 Å². The van der Waals surface area contributed by atoms with Crippen LogP contribution < -0.4 is 0 Å². The lowest BCUT2D eigenvalue weighted by molar-refractivity contribution is -0.906. The van der Waals surface area contributed by atoms with Gasteiger partial charge in [0.25, 0.3) is 0 Å². The van der Waals surface area contributed by atoms with Crippen LogP contribution in [0.1, 0.15) is 40.3 Å². The van der Waals surface area contributed by atoms with Crippen LogP contribution in [0.4, 0.5) is 0 Å². The van der Waals surface area contributed by atoms with E-state index >= 15 is 0 Å². The molecule has 0 unspecified atom stereocenters. The molecule has 1 aromatic heterocycles. The molecule has 0 N–H and O–H groups in total. The molecule has 0 aliphatic carbocycles. The second-order valence-electron chi connectivity index (χ2n) is 6.09. The van der Waals surface area contributed by atoms with E-state index in [9.17, 15) is 0 Å². The van der Waals surface area contributed by atoms with Gasteiger partial charge in [-0.2, -0.15) is 0 Å². The fraction of sp³-hybridized carbons (Fsp3) is 0.846. The summed E-state index contributed by atoms with van der Waals surface area (Å²) in [6.45, 7) is 15.4. The van der Waals surface area contributed by atoms with Gasteiger partial charge in [0.05, 0.1) is 38.9 Å². The normalized spacial score (nSPS) is 13.1. The molecule has 0 fully saturated rings. The highest BCUT2D eigenvalue weighted by Gasteiger charge is 2.20. The highest BCUT2D eigenvalue weighted by atomic mass is 15.4. The first-order chi connectivity index (χ1) is 7.80. The number of quaternary nitrogens is 1. The van der Waals surface area contributed by atoms with E-state index < -0.39 is 0 Å². The predicted octanol–water partition coefficient (Wildman–Crippen LogP) is 2.06. The molecular weight excluding hydrogens is 212 g/mol. The summed E-state index contributed by atoms with van der Waals surface area (Å²) in [6, 6.07) is 0. The first-order valence-electron chi connectivity index (χ1n) is 6.55. The molecule has 1 rings (SSSR count). The SMILES string of the molecule is CC[N+](C)(CC)CCn1cc(C(C)(C)C)nn1. The molecule has 1 aromatic rings.